The van der Waals surface area contributed by atoms with Crippen LogP contribution in [0.2, 0.25) is 0 Å². The highest BCUT2D eigenvalue weighted by Crippen LogP contribution is 2.25. The van der Waals surface area contributed by atoms with Crippen molar-refractivity contribution in [1.29, 1.82) is 0 Å². The van der Waals surface area contributed by atoms with Crippen LogP contribution in [0.5, 0.6) is 0 Å². The summed E-state index contributed by atoms with van der Waals surface area (Å²) in [5.41, 5.74) is 5.68. The van der Waals surface area contributed by atoms with Gasteiger partial charge in [-0.05, 0) is 24.7 Å². The average Bonchev–Trinajstić information content (AvgIpc) is 2.36. The third-order valence-corrected chi connectivity index (χ3v) is 3.99. The number of carbonyl (C=O) groups is 1. The molecule has 1 amide bonds. The molecule has 1 rings (SSSR count). The fraction of sp³-hybridized carbons (Fsp3) is 0.933. The molecular formula is C15H30N2O. The van der Waals surface area contributed by atoms with Crippen molar-refractivity contribution in [2.45, 2.75) is 58.8 Å². The lowest BCUT2D eigenvalue weighted by atomic mass is 9.87. The number of amides is 1. The van der Waals surface area contributed by atoms with Crippen molar-refractivity contribution >= 4 is 5.91 Å². The highest BCUT2D eigenvalue weighted by Gasteiger charge is 2.18. The number of nitrogens with two attached hydrogens (primary N) is 1. The molecule has 3 N–H and O–H groups in total. The summed E-state index contributed by atoms with van der Waals surface area (Å²) in [4.78, 5) is 12.0. The monoisotopic (exact) mass is 254 g/mol. The quantitative estimate of drug-likeness (QED) is 0.734. The standard InChI is InChI=1S/C15H30N2O/c1-12(2)10-14(11-16)15(18)17-9-8-13-6-4-3-5-7-13/h12-14H,3-11,16H2,1-2H3,(H,17,18). The minimum Gasteiger partial charge on any atom is -0.356 e. The van der Waals surface area contributed by atoms with E-state index in [0.717, 1.165) is 25.3 Å². The number of hydrogen-bond donors (Lipinski definition) is 2. The van der Waals surface area contributed by atoms with E-state index in [2.05, 4.69) is 19.2 Å². The zero-order chi connectivity index (χ0) is 13.4. The van der Waals surface area contributed by atoms with Crippen LogP contribution < -0.4 is 11.1 Å². The van der Waals surface area contributed by atoms with Gasteiger partial charge in [0, 0.05) is 13.1 Å². The van der Waals surface area contributed by atoms with E-state index in [-0.39, 0.29) is 11.8 Å². The molecule has 0 aromatic carbocycles. The smallest absolute Gasteiger partial charge is 0.224 e. The van der Waals surface area contributed by atoms with E-state index in [1.54, 1.807) is 0 Å². The maximum absolute atomic E-state index is 12.0. The second-order valence-corrected chi connectivity index (χ2v) is 6.15. The van der Waals surface area contributed by atoms with Crippen molar-refractivity contribution in [3.63, 3.8) is 0 Å². The first-order chi connectivity index (χ1) is 8.63. The molecule has 1 unspecified atom stereocenters. The van der Waals surface area contributed by atoms with Gasteiger partial charge in [-0.3, -0.25) is 4.79 Å². The van der Waals surface area contributed by atoms with E-state index in [0.29, 0.717) is 12.5 Å². The molecule has 0 heterocycles. The molecule has 0 aliphatic heterocycles. The largest absolute Gasteiger partial charge is 0.356 e. The van der Waals surface area contributed by atoms with Gasteiger partial charge < -0.3 is 11.1 Å². The minimum atomic E-state index is -0.00337. The lowest BCUT2D eigenvalue weighted by Crippen LogP contribution is -2.36. The van der Waals surface area contributed by atoms with Gasteiger partial charge in [-0.25, -0.2) is 0 Å². The summed E-state index contributed by atoms with van der Waals surface area (Å²) in [6.45, 7) is 5.57. The van der Waals surface area contributed by atoms with Crippen molar-refractivity contribution in [2.24, 2.45) is 23.5 Å². The molecule has 0 spiro atoms. The molecule has 1 atom stereocenters. The van der Waals surface area contributed by atoms with Crippen LogP contribution >= 0.6 is 0 Å². The topological polar surface area (TPSA) is 55.1 Å². The Balaban J connectivity index is 2.18. The number of hydrogen-bond acceptors (Lipinski definition) is 2. The van der Waals surface area contributed by atoms with Crippen molar-refractivity contribution < 1.29 is 4.79 Å². The SMILES string of the molecule is CC(C)CC(CN)C(=O)NCCC1CCCCC1. The van der Waals surface area contributed by atoms with Gasteiger partial charge in [0.2, 0.25) is 5.91 Å². The van der Waals surface area contributed by atoms with Gasteiger partial charge in [0.15, 0.2) is 0 Å². The third-order valence-electron chi connectivity index (χ3n) is 3.99. The zero-order valence-electron chi connectivity index (χ0n) is 12.1. The molecule has 0 saturated heterocycles. The summed E-state index contributed by atoms with van der Waals surface area (Å²) >= 11 is 0. The van der Waals surface area contributed by atoms with Gasteiger partial charge in [-0.1, -0.05) is 46.0 Å². The first-order valence-electron chi connectivity index (χ1n) is 7.61. The van der Waals surface area contributed by atoms with Gasteiger partial charge >= 0.3 is 0 Å². The second kappa shape index (κ2) is 8.52. The Hall–Kier alpha value is -0.570. The minimum absolute atomic E-state index is 0.00337. The Morgan fingerprint density at radius 3 is 2.50 bits per heavy atom. The molecule has 3 heteroatoms. The predicted octanol–water partition coefficient (Wildman–Crippen LogP) is 2.69. The highest BCUT2D eigenvalue weighted by molar-refractivity contribution is 5.78. The first kappa shape index (κ1) is 15.5. The van der Waals surface area contributed by atoms with Crippen LogP contribution in [-0.2, 0) is 4.79 Å². The summed E-state index contributed by atoms with van der Waals surface area (Å²) in [6.07, 6.45) is 8.88. The van der Waals surface area contributed by atoms with E-state index >= 15 is 0 Å². The molecule has 0 bridgehead atoms. The Morgan fingerprint density at radius 2 is 1.94 bits per heavy atom. The van der Waals surface area contributed by atoms with Gasteiger partial charge in [0.1, 0.15) is 0 Å². The number of carbonyl (C=O) groups excluding carboxylic acids is 1. The second-order valence-electron chi connectivity index (χ2n) is 6.15. The molecule has 1 aliphatic rings. The van der Waals surface area contributed by atoms with Crippen LogP contribution in [0.15, 0.2) is 0 Å². The van der Waals surface area contributed by atoms with Gasteiger partial charge in [-0.2, -0.15) is 0 Å². The Morgan fingerprint density at radius 1 is 1.28 bits per heavy atom. The Labute approximate surface area is 112 Å². The summed E-state index contributed by atoms with van der Waals surface area (Å²) in [7, 11) is 0. The number of rotatable bonds is 7. The molecular weight excluding hydrogens is 224 g/mol. The summed E-state index contributed by atoms with van der Waals surface area (Å²) in [5, 5.41) is 3.07. The summed E-state index contributed by atoms with van der Waals surface area (Å²) in [6, 6.07) is 0. The van der Waals surface area contributed by atoms with E-state index in [9.17, 15) is 4.79 Å². The molecule has 1 aliphatic carbocycles. The van der Waals surface area contributed by atoms with Crippen LogP contribution in [0.1, 0.15) is 58.8 Å². The first-order valence-corrected chi connectivity index (χ1v) is 7.61. The zero-order valence-corrected chi connectivity index (χ0v) is 12.1. The van der Waals surface area contributed by atoms with Crippen molar-refractivity contribution in [3.05, 3.63) is 0 Å². The van der Waals surface area contributed by atoms with E-state index in [4.69, 9.17) is 5.73 Å². The Kier molecular flexibility index (Phi) is 7.33. The highest BCUT2D eigenvalue weighted by atomic mass is 16.1. The van der Waals surface area contributed by atoms with Crippen LogP contribution in [0.4, 0.5) is 0 Å². The fourth-order valence-corrected chi connectivity index (χ4v) is 2.90. The maximum atomic E-state index is 12.0. The van der Waals surface area contributed by atoms with Gasteiger partial charge in [-0.15, -0.1) is 0 Å². The van der Waals surface area contributed by atoms with Crippen LogP contribution in [0, 0.1) is 17.8 Å². The molecule has 1 fully saturated rings. The van der Waals surface area contributed by atoms with Gasteiger partial charge in [0.25, 0.3) is 0 Å². The normalized spacial score (nSPS) is 18.9. The molecule has 0 aromatic rings. The Bertz CT molecular complexity index is 235. The van der Waals surface area contributed by atoms with Crippen molar-refractivity contribution in [2.75, 3.05) is 13.1 Å². The lowest BCUT2D eigenvalue weighted by Gasteiger charge is -2.22. The molecule has 3 nitrogen and oxygen atoms in total. The fourth-order valence-electron chi connectivity index (χ4n) is 2.90. The number of nitrogens with one attached hydrogen (secondary N) is 1. The third kappa shape index (κ3) is 5.85. The van der Waals surface area contributed by atoms with E-state index in [1.165, 1.54) is 32.1 Å². The van der Waals surface area contributed by atoms with Gasteiger partial charge in [0.05, 0.1) is 5.92 Å². The van der Waals surface area contributed by atoms with Crippen molar-refractivity contribution in [1.82, 2.24) is 5.32 Å². The summed E-state index contributed by atoms with van der Waals surface area (Å²) in [5.74, 6) is 1.52. The van der Waals surface area contributed by atoms with E-state index in [1.807, 2.05) is 0 Å². The molecule has 0 aromatic heterocycles. The average molecular weight is 254 g/mol. The van der Waals surface area contributed by atoms with Crippen LogP contribution in [0.3, 0.4) is 0 Å². The lowest BCUT2D eigenvalue weighted by molar-refractivity contribution is -0.125. The summed E-state index contributed by atoms with van der Waals surface area (Å²) < 4.78 is 0. The molecule has 106 valence electrons. The van der Waals surface area contributed by atoms with Crippen LogP contribution in [0.25, 0.3) is 0 Å². The maximum Gasteiger partial charge on any atom is 0.224 e. The van der Waals surface area contributed by atoms with Crippen molar-refractivity contribution in [3.8, 4) is 0 Å². The van der Waals surface area contributed by atoms with E-state index < -0.39 is 0 Å². The predicted molar refractivity (Wildman–Crippen MR) is 76.2 cm³/mol. The molecule has 18 heavy (non-hydrogen) atoms. The molecule has 1 saturated carbocycles. The molecule has 0 radical (unpaired) electrons. The van der Waals surface area contributed by atoms with Crippen LogP contribution in [-0.4, -0.2) is 19.0 Å².